The summed E-state index contributed by atoms with van der Waals surface area (Å²) in [5.74, 6) is -1.97. The fourth-order valence-electron chi connectivity index (χ4n) is 1.39. The van der Waals surface area contributed by atoms with Crippen LogP contribution >= 0.6 is 0 Å². The lowest BCUT2D eigenvalue weighted by molar-refractivity contribution is -0.137. The molecular weight excluding hydrogens is 226 g/mol. The van der Waals surface area contributed by atoms with Crippen molar-refractivity contribution < 1.29 is 19.8 Å². The second kappa shape index (κ2) is 4.20. The molecule has 0 aliphatic rings. The highest BCUT2D eigenvalue weighted by atomic mass is 16.4. The van der Waals surface area contributed by atoms with Gasteiger partial charge in [0.15, 0.2) is 0 Å². The number of hydrogen-bond donors (Lipinski definition) is 2. The maximum atomic E-state index is 10.7. The van der Waals surface area contributed by atoms with E-state index in [0.717, 1.165) is 0 Å². The van der Waals surface area contributed by atoms with Crippen molar-refractivity contribution in [3.05, 3.63) is 23.8 Å². The van der Waals surface area contributed by atoms with Gasteiger partial charge in [0.25, 0.3) is 0 Å². The largest absolute Gasteiger partial charge is 0.481 e. The van der Waals surface area contributed by atoms with E-state index in [4.69, 9.17) is 10.2 Å². The molecule has 0 aliphatic carbocycles. The Morgan fingerprint density at radius 2 is 1.88 bits per heavy atom. The van der Waals surface area contributed by atoms with Gasteiger partial charge >= 0.3 is 11.9 Å². The first-order valence-corrected chi connectivity index (χ1v) is 4.86. The lowest BCUT2D eigenvalue weighted by atomic mass is 10.2. The molecule has 7 nitrogen and oxygen atoms in total. The van der Waals surface area contributed by atoms with Gasteiger partial charge in [-0.1, -0.05) is 0 Å². The number of hydrogen-bond acceptors (Lipinski definition) is 4. The summed E-state index contributed by atoms with van der Waals surface area (Å²) in [4.78, 5) is 22.4. The van der Waals surface area contributed by atoms with Crippen molar-refractivity contribution in [1.29, 1.82) is 0 Å². The zero-order chi connectivity index (χ0) is 12.4. The van der Waals surface area contributed by atoms with Crippen LogP contribution in [0.2, 0.25) is 0 Å². The van der Waals surface area contributed by atoms with Gasteiger partial charge in [-0.25, -0.2) is 4.79 Å². The number of aromatic carboxylic acids is 1. The summed E-state index contributed by atoms with van der Waals surface area (Å²) in [6.07, 6.45) is -0.0766. The predicted octanol–water partition coefficient (Wildman–Crippen LogP) is 0.604. The van der Waals surface area contributed by atoms with E-state index in [1.165, 1.54) is 16.9 Å². The van der Waals surface area contributed by atoms with Crippen LogP contribution < -0.4 is 0 Å². The van der Waals surface area contributed by atoms with Crippen LogP contribution in [0.25, 0.3) is 11.0 Å². The summed E-state index contributed by atoms with van der Waals surface area (Å²) >= 11 is 0. The van der Waals surface area contributed by atoms with Crippen LogP contribution in [0, 0.1) is 0 Å². The molecule has 88 valence electrons. The topological polar surface area (TPSA) is 105 Å². The van der Waals surface area contributed by atoms with Gasteiger partial charge in [0.05, 0.1) is 18.5 Å². The third kappa shape index (κ3) is 2.39. The number of aromatic nitrogens is 3. The maximum absolute atomic E-state index is 10.7. The Labute approximate surface area is 95.3 Å². The highest BCUT2D eigenvalue weighted by molar-refractivity contribution is 5.91. The first kappa shape index (κ1) is 11.1. The molecule has 1 heterocycles. The molecule has 2 rings (SSSR count). The predicted molar refractivity (Wildman–Crippen MR) is 56.7 cm³/mol. The van der Waals surface area contributed by atoms with Gasteiger partial charge in [-0.15, -0.1) is 0 Å². The average Bonchev–Trinajstić information content (AvgIpc) is 2.67. The third-order valence-electron chi connectivity index (χ3n) is 2.19. The van der Waals surface area contributed by atoms with Crippen LogP contribution in [-0.2, 0) is 11.3 Å². The van der Waals surface area contributed by atoms with Crippen molar-refractivity contribution in [3.63, 3.8) is 0 Å². The van der Waals surface area contributed by atoms with Gasteiger partial charge in [0.1, 0.15) is 11.0 Å². The van der Waals surface area contributed by atoms with E-state index in [0.29, 0.717) is 11.0 Å². The molecule has 0 aliphatic heterocycles. The van der Waals surface area contributed by atoms with Gasteiger partial charge in [0.2, 0.25) is 0 Å². The Kier molecular flexibility index (Phi) is 2.73. The van der Waals surface area contributed by atoms with Gasteiger partial charge in [-0.3, -0.25) is 4.79 Å². The number of aliphatic carboxylic acids is 1. The number of carboxylic acid groups (broad SMARTS) is 2. The number of carbonyl (C=O) groups is 2. The van der Waals surface area contributed by atoms with Crippen molar-refractivity contribution in [3.8, 4) is 0 Å². The second-order valence-corrected chi connectivity index (χ2v) is 3.45. The van der Waals surface area contributed by atoms with Gasteiger partial charge in [-0.05, 0) is 18.2 Å². The quantitative estimate of drug-likeness (QED) is 0.804. The minimum absolute atomic E-state index is 0.0766. The summed E-state index contributed by atoms with van der Waals surface area (Å²) in [5, 5.41) is 25.4. The molecule has 17 heavy (non-hydrogen) atoms. The molecule has 0 radical (unpaired) electrons. The van der Waals surface area contributed by atoms with Crippen molar-refractivity contribution >= 4 is 23.0 Å². The zero-order valence-corrected chi connectivity index (χ0v) is 8.70. The molecule has 1 aromatic carbocycles. The smallest absolute Gasteiger partial charge is 0.335 e. The normalized spacial score (nSPS) is 10.6. The van der Waals surface area contributed by atoms with Crippen LogP contribution in [0.1, 0.15) is 16.8 Å². The molecule has 0 bridgehead atoms. The molecule has 0 atom stereocenters. The average molecular weight is 235 g/mol. The van der Waals surface area contributed by atoms with E-state index in [1.54, 1.807) is 6.07 Å². The Morgan fingerprint density at radius 1 is 1.18 bits per heavy atom. The first-order valence-electron chi connectivity index (χ1n) is 4.86. The number of carboxylic acids is 2. The van der Waals surface area contributed by atoms with Crippen molar-refractivity contribution in [1.82, 2.24) is 15.0 Å². The summed E-state index contributed by atoms with van der Waals surface area (Å²) in [5.41, 5.74) is 1.11. The van der Waals surface area contributed by atoms with Gasteiger partial charge in [0, 0.05) is 0 Å². The monoisotopic (exact) mass is 235 g/mol. The van der Waals surface area contributed by atoms with Crippen LogP contribution in [0.3, 0.4) is 0 Å². The molecular formula is C10H9N3O4. The zero-order valence-electron chi connectivity index (χ0n) is 8.70. The minimum Gasteiger partial charge on any atom is -0.481 e. The van der Waals surface area contributed by atoms with E-state index in [2.05, 4.69) is 10.2 Å². The molecule has 1 aromatic heterocycles. The Hall–Kier alpha value is -2.44. The Balaban J connectivity index is 2.30. The highest BCUT2D eigenvalue weighted by Crippen LogP contribution is 2.11. The number of fused-ring (bicyclic) bond motifs is 1. The number of aryl methyl sites for hydroxylation is 1. The number of nitrogens with zero attached hydrogens (tertiary/aromatic N) is 3. The van der Waals surface area contributed by atoms with Gasteiger partial charge in [-0.2, -0.15) is 15.0 Å². The first-order chi connectivity index (χ1) is 8.06. The van der Waals surface area contributed by atoms with E-state index < -0.39 is 11.9 Å². The van der Waals surface area contributed by atoms with Crippen molar-refractivity contribution in [2.45, 2.75) is 13.0 Å². The van der Waals surface area contributed by atoms with E-state index in [1.807, 2.05) is 0 Å². The minimum atomic E-state index is -1.04. The fraction of sp³-hybridized carbons (Fsp3) is 0.200. The second-order valence-electron chi connectivity index (χ2n) is 3.45. The Morgan fingerprint density at radius 3 is 2.53 bits per heavy atom. The fourth-order valence-corrected chi connectivity index (χ4v) is 1.39. The lowest BCUT2D eigenvalue weighted by Crippen LogP contribution is -2.07. The molecule has 0 fully saturated rings. The van der Waals surface area contributed by atoms with E-state index in [9.17, 15) is 9.59 Å². The number of rotatable bonds is 4. The van der Waals surface area contributed by atoms with Crippen LogP contribution in [0.4, 0.5) is 0 Å². The molecule has 0 unspecified atom stereocenters. The molecule has 2 N–H and O–H groups in total. The maximum Gasteiger partial charge on any atom is 0.335 e. The van der Waals surface area contributed by atoms with E-state index >= 15 is 0 Å². The summed E-state index contributed by atoms with van der Waals surface area (Å²) in [6.45, 7) is 0.159. The van der Waals surface area contributed by atoms with Crippen molar-refractivity contribution in [2.75, 3.05) is 0 Å². The summed E-state index contributed by atoms with van der Waals surface area (Å²) in [6, 6.07) is 4.38. The van der Waals surface area contributed by atoms with E-state index in [-0.39, 0.29) is 18.5 Å². The molecule has 0 saturated heterocycles. The highest BCUT2D eigenvalue weighted by Gasteiger charge is 2.08. The molecule has 0 saturated carbocycles. The number of benzene rings is 1. The standard InChI is InChI=1S/C10H9N3O4/c14-9(15)3-4-13-11-7-2-1-6(10(16)17)5-8(7)12-13/h1-2,5H,3-4H2,(H,14,15)(H,16,17). The van der Waals surface area contributed by atoms with Crippen LogP contribution in [0.15, 0.2) is 18.2 Å². The molecule has 0 amide bonds. The Bertz CT molecular complexity index is 590. The lowest BCUT2D eigenvalue weighted by Gasteiger charge is -1.93. The SMILES string of the molecule is O=C(O)CCn1nc2ccc(C(=O)O)cc2n1. The molecule has 7 heteroatoms. The third-order valence-corrected chi connectivity index (χ3v) is 2.19. The summed E-state index contributed by atoms with van der Waals surface area (Å²) < 4.78 is 0. The van der Waals surface area contributed by atoms with Crippen molar-refractivity contribution in [2.24, 2.45) is 0 Å². The molecule has 0 spiro atoms. The van der Waals surface area contributed by atoms with Crippen LogP contribution in [-0.4, -0.2) is 37.1 Å². The summed E-state index contributed by atoms with van der Waals surface area (Å²) in [7, 11) is 0. The van der Waals surface area contributed by atoms with Gasteiger partial charge < -0.3 is 10.2 Å². The van der Waals surface area contributed by atoms with Crippen LogP contribution in [0.5, 0.6) is 0 Å². The molecule has 2 aromatic rings.